The number of nitrogens with one attached hydrogen (secondary N) is 1. The zero-order chi connectivity index (χ0) is 19.3. The normalized spacial score (nSPS) is 16.1. The molecule has 1 saturated heterocycles. The van der Waals surface area contributed by atoms with Crippen LogP contribution >= 0.6 is 12.2 Å². The largest absolute Gasteiger partial charge is 0.489 e. The average Bonchev–Trinajstić information content (AvgIpc) is 3.02. The first-order valence-electron chi connectivity index (χ1n) is 9.16. The molecule has 1 heterocycles. The topological polar surface area (TPSA) is 41.6 Å². The second-order valence-corrected chi connectivity index (χ2v) is 7.02. The molecule has 3 aromatic rings. The third kappa shape index (κ3) is 4.05. The van der Waals surface area contributed by atoms with Gasteiger partial charge in [-0.3, -0.25) is 9.69 Å². The number of carbonyl (C=O) groups excluding carboxylic acids is 1. The number of para-hydroxylation sites is 1. The zero-order valence-electron chi connectivity index (χ0n) is 15.2. The monoisotopic (exact) mass is 388 g/mol. The van der Waals surface area contributed by atoms with E-state index in [0.717, 1.165) is 22.6 Å². The van der Waals surface area contributed by atoms with E-state index in [1.165, 1.54) is 0 Å². The fourth-order valence-electron chi connectivity index (χ4n) is 3.19. The van der Waals surface area contributed by atoms with E-state index in [4.69, 9.17) is 17.0 Å². The van der Waals surface area contributed by atoms with Crippen molar-refractivity contribution in [3.05, 3.63) is 96.1 Å². The molecular formula is C23H20N2O2S. The van der Waals surface area contributed by atoms with Gasteiger partial charge in [0.05, 0.1) is 5.69 Å². The van der Waals surface area contributed by atoms with Gasteiger partial charge >= 0.3 is 0 Å². The number of hydrogen-bond acceptors (Lipinski definition) is 3. The second-order valence-electron chi connectivity index (χ2n) is 6.63. The van der Waals surface area contributed by atoms with E-state index in [-0.39, 0.29) is 11.9 Å². The van der Waals surface area contributed by atoms with E-state index in [9.17, 15) is 4.79 Å². The third-order valence-electron chi connectivity index (χ3n) is 4.65. The highest BCUT2D eigenvalue weighted by atomic mass is 32.1. The Morgan fingerprint density at radius 2 is 1.50 bits per heavy atom. The van der Waals surface area contributed by atoms with Crippen LogP contribution in [0, 0.1) is 0 Å². The maximum absolute atomic E-state index is 12.8. The number of thiocarbonyl (C=S) groups is 1. The molecular weight excluding hydrogens is 368 g/mol. The summed E-state index contributed by atoms with van der Waals surface area (Å²) in [6.45, 7) is 0.531. The highest BCUT2D eigenvalue weighted by molar-refractivity contribution is 7.80. The summed E-state index contributed by atoms with van der Waals surface area (Å²) >= 11 is 5.37. The number of anilines is 1. The second kappa shape index (κ2) is 8.23. The molecule has 1 amide bonds. The Balaban J connectivity index is 1.38. The van der Waals surface area contributed by atoms with Crippen molar-refractivity contribution < 1.29 is 9.53 Å². The van der Waals surface area contributed by atoms with E-state index >= 15 is 0 Å². The van der Waals surface area contributed by atoms with Crippen molar-refractivity contribution in [2.24, 2.45) is 0 Å². The van der Waals surface area contributed by atoms with Crippen LogP contribution < -0.4 is 15.0 Å². The van der Waals surface area contributed by atoms with E-state index in [2.05, 4.69) is 5.32 Å². The van der Waals surface area contributed by atoms with Gasteiger partial charge in [0.1, 0.15) is 18.4 Å². The SMILES string of the molecule is O=C1[C@H](Cc2ccc(OCc3ccccc3)cc2)NC(=S)N1c1ccccc1. The molecule has 0 aromatic heterocycles. The Labute approximate surface area is 169 Å². The summed E-state index contributed by atoms with van der Waals surface area (Å²) in [4.78, 5) is 14.4. The van der Waals surface area contributed by atoms with E-state index in [1.54, 1.807) is 4.90 Å². The summed E-state index contributed by atoms with van der Waals surface area (Å²) in [5, 5.41) is 3.59. The minimum absolute atomic E-state index is 0.0272. The molecule has 1 N–H and O–H groups in total. The predicted molar refractivity (Wildman–Crippen MR) is 114 cm³/mol. The van der Waals surface area contributed by atoms with E-state index in [1.807, 2.05) is 84.9 Å². The summed E-state index contributed by atoms with van der Waals surface area (Å²) in [5.74, 6) is 0.778. The highest BCUT2D eigenvalue weighted by Gasteiger charge is 2.36. The van der Waals surface area contributed by atoms with Gasteiger partial charge in [-0.1, -0.05) is 60.7 Å². The van der Waals surface area contributed by atoms with Crippen molar-refractivity contribution in [2.75, 3.05) is 4.90 Å². The third-order valence-corrected chi connectivity index (χ3v) is 4.95. The van der Waals surface area contributed by atoms with Gasteiger partial charge in [-0.2, -0.15) is 0 Å². The number of amides is 1. The molecule has 1 aliphatic rings. The maximum Gasteiger partial charge on any atom is 0.256 e. The molecule has 0 bridgehead atoms. The molecule has 0 saturated carbocycles. The maximum atomic E-state index is 12.8. The Kier molecular flexibility index (Phi) is 5.35. The number of benzene rings is 3. The first kappa shape index (κ1) is 18.2. The number of nitrogens with zero attached hydrogens (tertiary/aromatic N) is 1. The Bertz CT molecular complexity index is 959. The minimum atomic E-state index is -0.358. The van der Waals surface area contributed by atoms with Gasteiger partial charge < -0.3 is 10.1 Å². The van der Waals surface area contributed by atoms with Gasteiger partial charge in [-0.05, 0) is 47.6 Å². The van der Waals surface area contributed by atoms with Crippen LogP contribution in [0.3, 0.4) is 0 Å². The van der Waals surface area contributed by atoms with Crippen molar-refractivity contribution in [3.8, 4) is 5.75 Å². The Hall–Kier alpha value is -3.18. The lowest BCUT2D eigenvalue weighted by Gasteiger charge is -2.14. The summed E-state index contributed by atoms with van der Waals surface area (Å²) in [5.41, 5.74) is 2.97. The number of carbonyl (C=O) groups is 1. The van der Waals surface area contributed by atoms with Gasteiger partial charge in [0.2, 0.25) is 0 Å². The summed E-state index contributed by atoms with van der Waals surface area (Å²) in [7, 11) is 0. The van der Waals surface area contributed by atoms with Gasteiger partial charge in [-0.25, -0.2) is 0 Å². The highest BCUT2D eigenvalue weighted by Crippen LogP contribution is 2.22. The van der Waals surface area contributed by atoms with Crippen LogP contribution in [0.5, 0.6) is 5.75 Å². The molecule has 1 atom stereocenters. The van der Waals surface area contributed by atoms with Crippen molar-refractivity contribution in [2.45, 2.75) is 19.1 Å². The molecule has 0 spiro atoms. The Morgan fingerprint density at radius 1 is 0.857 bits per heavy atom. The first-order valence-corrected chi connectivity index (χ1v) is 9.57. The lowest BCUT2D eigenvalue weighted by atomic mass is 10.1. The van der Waals surface area contributed by atoms with E-state index in [0.29, 0.717) is 18.1 Å². The summed E-state index contributed by atoms with van der Waals surface area (Å²) in [6.07, 6.45) is 0.571. The molecule has 1 aliphatic heterocycles. The number of rotatable bonds is 6. The van der Waals surface area contributed by atoms with Crippen molar-refractivity contribution >= 4 is 28.9 Å². The molecule has 0 unspecified atom stereocenters. The molecule has 140 valence electrons. The average molecular weight is 388 g/mol. The lowest BCUT2D eigenvalue weighted by Crippen LogP contribution is -2.32. The Morgan fingerprint density at radius 3 is 2.18 bits per heavy atom. The molecule has 28 heavy (non-hydrogen) atoms. The van der Waals surface area contributed by atoms with E-state index < -0.39 is 0 Å². The predicted octanol–water partition coefficient (Wildman–Crippen LogP) is 4.10. The smallest absolute Gasteiger partial charge is 0.256 e. The van der Waals surface area contributed by atoms with Crippen LogP contribution in [-0.2, 0) is 17.8 Å². The number of hydrogen-bond donors (Lipinski definition) is 1. The first-order chi connectivity index (χ1) is 13.7. The van der Waals surface area contributed by atoms with Gasteiger partial charge in [0.25, 0.3) is 5.91 Å². The molecule has 4 rings (SSSR count). The fourth-order valence-corrected chi connectivity index (χ4v) is 3.53. The van der Waals surface area contributed by atoms with Crippen molar-refractivity contribution in [1.82, 2.24) is 5.32 Å². The lowest BCUT2D eigenvalue weighted by molar-refractivity contribution is -0.118. The summed E-state index contributed by atoms with van der Waals surface area (Å²) < 4.78 is 5.82. The quantitative estimate of drug-likeness (QED) is 0.646. The van der Waals surface area contributed by atoms with Gasteiger partial charge in [-0.15, -0.1) is 0 Å². The number of ether oxygens (including phenoxy) is 1. The van der Waals surface area contributed by atoms with Crippen LogP contribution in [-0.4, -0.2) is 17.1 Å². The van der Waals surface area contributed by atoms with Crippen molar-refractivity contribution in [1.29, 1.82) is 0 Å². The van der Waals surface area contributed by atoms with Crippen molar-refractivity contribution in [3.63, 3.8) is 0 Å². The molecule has 4 nitrogen and oxygen atoms in total. The van der Waals surface area contributed by atoms with Crippen LogP contribution in [0.25, 0.3) is 0 Å². The van der Waals surface area contributed by atoms with Gasteiger partial charge in [0, 0.05) is 6.42 Å². The fraction of sp³-hybridized carbons (Fsp3) is 0.130. The molecule has 1 fully saturated rings. The summed E-state index contributed by atoms with van der Waals surface area (Å²) in [6, 6.07) is 27.0. The molecule has 0 radical (unpaired) electrons. The van der Waals surface area contributed by atoms with Crippen LogP contribution in [0.4, 0.5) is 5.69 Å². The molecule has 3 aromatic carbocycles. The van der Waals surface area contributed by atoms with Crippen LogP contribution in [0.2, 0.25) is 0 Å². The van der Waals surface area contributed by atoms with Crippen LogP contribution in [0.1, 0.15) is 11.1 Å². The van der Waals surface area contributed by atoms with Gasteiger partial charge in [0.15, 0.2) is 5.11 Å². The molecule has 0 aliphatic carbocycles. The molecule has 5 heteroatoms. The zero-order valence-corrected chi connectivity index (χ0v) is 16.1. The standard InChI is InChI=1S/C23H20N2O2S/c26-22-21(24-23(28)25(22)19-9-5-2-6-10-19)15-17-11-13-20(14-12-17)27-16-18-7-3-1-4-8-18/h1-14,21H,15-16H2,(H,24,28)/t21-/m0/s1. The van der Waals surface area contributed by atoms with Crippen LogP contribution in [0.15, 0.2) is 84.9 Å². The minimum Gasteiger partial charge on any atom is -0.489 e.